The number of alkyl halides is 3. The Morgan fingerprint density at radius 1 is 1.50 bits per heavy atom. The summed E-state index contributed by atoms with van der Waals surface area (Å²) in [5.74, 6) is -1.28. The van der Waals surface area contributed by atoms with Crippen LogP contribution in [0.3, 0.4) is 0 Å². The third-order valence-corrected chi connectivity index (χ3v) is 1.73. The predicted molar refractivity (Wildman–Crippen MR) is 50.5 cm³/mol. The monoisotopic (exact) mass is 262 g/mol. The van der Waals surface area contributed by atoms with E-state index in [1.807, 2.05) is 0 Å². The largest absolute Gasteiger partial charge is 0.461 e. The third-order valence-electron chi connectivity index (χ3n) is 1.12. The predicted octanol–water partition coefficient (Wildman–Crippen LogP) is 0.977. The van der Waals surface area contributed by atoms with Crippen LogP contribution in [-0.2, 0) is 9.53 Å². The van der Waals surface area contributed by atoms with Gasteiger partial charge in [-0.15, -0.1) is 0 Å². The molecule has 0 aliphatic rings. The van der Waals surface area contributed by atoms with Crippen LogP contribution >= 0.6 is 34.8 Å². The average Bonchev–Trinajstić information content (AvgIpc) is 2.01. The SMILES string of the molecule is COC(=O)/C(=C(\N)C(Cl)(Cl)Cl)[N+](=O)[O-]. The molecular formula is C5H5Cl3N2O4. The van der Waals surface area contributed by atoms with Gasteiger partial charge in [-0.2, -0.15) is 0 Å². The normalized spacial score (nSPS) is 13.1. The Labute approximate surface area is 93.7 Å². The van der Waals surface area contributed by atoms with Crippen LogP contribution in [0.2, 0.25) is 0 Å². The van der Waals surface area contributed by atoms with Crippen LogP contribution in [0.1, 0.15) is 0 Å². The minimum absolute atomic E-state index is 0.792. The van der Waals surface area contributed by atoms with E-state index in [4.69, 9.17) is 40.5 Å². The van der Waals surface area contributed by atoms with E-state index >= 15 is 0 Å². The number of nitrogens with zero attached hydrogens (tertiary/aromatic N) is 1. The first-order valence-electron chi connectivity index (χ1n) is 3.01. The van der Waals surface area contributed by atoms with E-state index in [1.165, 1.54) is 0 Å². The molecule has 0 saturated carbocycles. The molecule has 0 amide bonds. The Kier molecular flexibility index (Phi) is 4.44. The highest BCUT2D eigenvalue weighted by atomic mass is 35.6. The maximum Gasteiger partial charge on any atom is 0.411 e. The molecular weight excluding hydrogens is 258 g/mol. The molecule has 0 aliphatic heterocycles. The molecule has 0 radical (unpaired) electrons. The van der Waals surface area contributed by atoms with Crippen molar-refractivity contribution < 1.29 is 14.5 Å². The molecule has 0 rings (SSSR count). The summed E-state index contributed by atoms with van der Waals surface area (Å²) in [7, 11) is 0.942. The molecule has 6 nitrogen and oxygen atoms in total. The van der Waals surface area contributed by atoms with Crippen molar-refractivity contribution in [1.29, 1.82) is 0 Å². The number of halogens is 3. The van der Waals surface area contributed by atoms with Gasteiger partial charge in [0, 0.05) is 0 Å². The second-order valence-corrected chi connectivity index (χ2v) is 4.29. The Hall–Kier alpha value is -0.720. The van der Waals surface area contributed by atoms with Gasteiger partial charge in [0.1, 0.15) is 5.70 Å². The van der Waals surface area contributed by atoms with E-state index in [-0.39, 0.29) is 0 Å². The van der Waals surface area contributed by atoms with E-state index in [0.29, 0.717) is 0 Å². The fourth-order valence-electron chi connectivity index (χ4n) is 0.514. The lowest BCUT2D eigenvalue weighted by atomic mass is 10.3. The van der Waals surface area contributed by atoms with Gasteiger partial charge in [0.2, 0.25) is 3.79 Å². The highest BCUT2D eigenvalue weighted by Crippen LogP contribution is 2.33. The number of nitro groups is 1. The molecule has 0 aromatic rings. The number of ether oxygens (including phenoxy) is 1. The molecule has 0 unspecified atom stereocenters. The van der Waals surface area contributed by atoms with Gasteiger partial charge in [0.05, 0.1) is 12.0 Å². The summed E-state index contributed by atoms with van der Waals surface area (Å²) in [4.78, 5) is 20.2. The van der Waals surface area contributed by atoms with Gasteiger partial charge in [-0.05, 0) is 0 Å². The van der Waals surface area contributed by atoms with Crippen molar-refractivity contribution in [2.24, 2.45) is 5.73 Å². The standard InChI is InChI=1S/C5H5Cl3N2O4/c1-14-4(11)2(10(12)13)3(9)5(6,7)8/h9H2,1H3/b3-2+. The molecule has 0 aliphatic carbocycles. The Balaban J connectivity index is 5.39. The van der Waals surface area contributed by atoms with Crippen molar-refractivity contribution in [3.8, 4) is 0 Å². The summed E-state index contributed by atoms with van der Waals surface area (Å²) < 4.78 is 1.87. The minimum Gasteiger partial charge on any atom is -0.461 e. The number of esters is 1. The first kappa shape index (κ1) is 13.3. The molecule has 0 spiro atoms. The molecule has 0 atom stereocenters. The lowest BCUT2D eigenvalue weighted by molar-refractivity contribution is -0.422. The molecule has 0 fully saturated rings. The van der Waals surface area contributed by atoms with E-state index in [1.54, 1.807) is 0 Å². The number of hydrogen-bond acceptors (Lipinski definition) is 5. The van der Waals surface area contributed by atoms with E-state index < -0.39 is 26.1 Å². The van der Waals surface area contributed by atoms with Gasteiger partial charge in [0.15, 0.2) is 0 Å². The van der Waals surface area contributed by atoms with Crippen molar-refractivity contribution in [1.82, 2.24) is 0 Å². The van der Waals surface area contributed by atoms with Crippen molar-refractivity contribution in [3.05, 3.63) is 21.5 Å². The summed E-state index contributed by atoms with van der Waals surface area (Å²) in [6.45, 7) is 0. The Bertz CT molecular complexity index is 296. The van der Waals surface area contributed by atoms with Crippen LogP contribution in [0.5, 0.6) is 0 Å². The zero-order valence-corrected chi connectivity index (χ0v) is 9.06. The second-order valence-electron chi connectivity index (χ2n) is 2.01. The molecule has 0 heterocycles. The Morgan fingerprint density at radius 3 is 2.14 bits per heavy atom. The maximum atomic E-state index is 10.9. The zero-order valence-electron chi connectivity index (χ0n) is 6.79. The summed E-state index contributed by atoms with van der Waals surface area (Å²) in [5, 5.41) is 10.4. The van der Waals surface area contributed by atoms with Crippen molar-refractivity contribution in [3.63, 3.8) is 0 Å². The van der Waals surface area contributed by atoms with Crippen LogP contribution in [0.25, 0.3) is 0 Å². The molecule has 9 heteroatoms. The van der Waals surface area contributed by atoms with Gasteiger partial charge in [-0.3, -0.25) is 10.1 Å². The smallest absolute Gasteiger partial charge is 0.411 e. The fraction of sp³-hybridized carbons (Fsp3) is 0.400. The lowest BCUT2D eigenvalue weighted by Gasteiger charge is -2.10. The van der Waals surface area contributed by atoms with Gasteiger partial charge < -0.3 is 10.5 Å². The third kappa shape index (κ3) is 3.21. The van der Waals surface area contributed by atoms with Crippen molar-refractivity contribution in [2.75, 3.05) is 7.11 Å². The highest BCUT2D eigenvalue weighted by Gasteiger charge is 2.37. The summed E-state index contributed by atoms with van der Waals surface area (Å²) >= 11 is 15.8. The molecule has 0 saturated heterocycles. The topological polar surface area (TPSA) is 95.5 Å². The molecule has 0 bridgehead atoms. The van der Waals surface area contributed by atoms with Crippen LogP contribution < -0.4 is 5.73 Å². The minimum atomic E-state index is -2.23. The molecule has 2 N–H and O–H groups in total. The summed E-state index contributed by atoms with van der Waals surface area (Å²) in [6.07, 6.45) is 0. The summed E-state index contributed by atoms with van der Waals surface area (Å²) in [6, 6.07) is 0. The van der Waals surface area contributed by atoms with E-state index in [0.717, 1.165) is 7.11 Å². The quantitative estimate of drug-likeness (QED) is 0.263. The molecule has 0 aromatic heterocycles. The first-order valence-corrected chi connectivity index (χ1v) is 4.14. The fourth-order valence-corrected chi connectivity index (χ4v) is 0.782. The zero-order chi connectivity index (χ0) is 11.5. The van der Waals surface area contributed by atoms with E-state index in [2.05, 4.69) is 4.74 Å². The molecule has 14 heavy (non-hydrogen) atoms. The number of allylic oxidation sites excluding steroid dienone is 1. The Morgan fingerprint density at radius 2 is 1.93 bits per heavy atom. The first-order chi connectivity index (χ1) is 6.21. The van der Waals surface area contributed by atoms with Gasteiger partial charge in [0.25, 0.3) is 0 Å². The number of methoxy groups -OCH3 is 1. The van der Waals surface area contributed by atoms with Gasteiger partial charge in [-0.1, -0.05) is 34.8 Å². The van der Waals surface area contributed by atoms with Crippen LogP contribution in [0.4, 0.5) is 0 Å². The van der Waals surface area contributed by atoms with Crippen molar-refractivity contribution in [2.45, 2.75) is 3.79 Å². The number of rotatable bonds is 2. The van der Waals surface area contributed by atoms with Crippen LogP contribution in [-0.4, -0.2) is 21.8 Å². The number of carbonyl (C=O) groups is 1. The molecule has 0 aromatic carbocycles. The van der Waals surface area contributed by atoms with Crippen molar-refractivity contribution >= 4 is 40.8 Å². The highest BCUT2D eigenvalue weighted by molar-refractivity contribution is 6.69. The van der Waals surface area contributed by atoms with Crippen LogP contribution in [0, 0.1) is 10.1 Å². The second kappa shape index (κ2) is 4.68. The molecule has 80 valence electrons. The maximum absolute atomic E-state index is 10.9. The van der Waals surface area contributed by atoms with E-state index in [9.17, 15) is 14.9 Å². The van der Waals surface area contributed by atoms with Gasteiger partial charge >= 0.3 is 11.7 Å². The van der Waals surface area contributed by atoms with Crippen LogP contribution in [0.15, 0.2) is 11.4 Å². The van der Waals surface area contributed by atoms with Gasteiger partial charge in [-0.25, -0.2) is 4.79 Å². The average molecular weight is 263 g/mol. The number of nitrogens with two attached hydrogens (primary N) is 1. The summed E-state index contributed by atoms with van der Waals surface area (Å²) in [5.41, 5.74) is 3.23. The number of carbonyl (C=O) groups excluding carboxylic acids is 1. The lowest BCUT2D eigenvalue weighted by Crippen LogP contribution is -2.26. The number of hydrogen-bond donors (Lipinski definition) is 1.